The Morgan fingerprint density at radius 2 is 1.29 bits per heavy atom. The fourth-order valence-corrected chi connectivity index (χ4v) is 3.51. The van der Waals surface area contributed by atoms with Crippen LogP contribution >= 0.6 is 0 Å². The van der Waals surface area contributed by atoms with Crippen molar-refractivity contribution < 1.29 is 13.2 Å². The van der Waals surface area contributed by atoms with Crippen LogP contribution in [0, 0.1) is 0 Å². The maximum atomic E-state index is 13.6. The summed E-state index contributed by atoms with van der Waals surface area (Å²) in [6.07, 6.45) is 5.95. The Hall–Kier alpha value is -3.07. The van der Waals surface area contributed by atoms with Gasteiger partial charge < -0.3 is 0 Å². The second-order valence-electron chi connectivity index (χ2n) is 7.63. The summed E-state index contributed by atoms with van der Waals surface area (Å²) in [5, 5.41) is 0. The van der Waals surface area contributed by atoms with Crippen molar-refractivity contribution in [2.75, 3.05) is 0 Å². The molecular weight excluding hydrogens is 393 g/mol. The van der Waals surface area contributed by atoms with E-state index in [1.165, 1.54) is 5.56 Å². The first-order valence-corrected chi connectivity index (χ1v) is 10.5. The molecule has 1 atom stereocenters. The van der Waals surface area contributed by atoms with Gasteiger partial charge >= 0.3 is 6.18 Å². The Morgan fingerprint density at radius 1 is 0.742 bits per heavy atom. The van der Waals surface area contributed by atoms with Gasteiger partial charge in [-0.1, -0.05) is 103 Å². The Morgan fingerprint density at radius 3 is 1.81 bits per heavy atom. The van der Waals surface area contributed by atoms with E-state index in [0.29, 0.717) is 11.1 Å². The largest absolute Gasteiger partial charge is 0.396 e. The molecule has 3 rings (SSSR count). The quantitative estimate of drug-likeness (QED) is 0.254. The van der Waals surface area contributed by atoms with E-state index in [4.69, 9.17) is 0 Å². The van der Waals surface area contributed by atoms with Gasteiger partial charge in [0.05, 0.1) is 5.92 Å². The molecule has 0 aromatic heterocycles. The summed E-state index contributed by atoms with van der Waals surface area (Å²) >= 11 is 0. The molecular formula is C28H27F3. The first-order valence-electron chi connectivity index (χ1n) is 10.5. The Balaban J connectivity index is 1.64. The number of hydrogen-bond donors (Lipinski definition) is 0. The topological polar surface area (TPSA) is 0 Å². The average molecular weight is 421 g/mol. The molecule has 3 aromatic carbocycles. The molecule has 0 saturated heterocycles. The van der Waals surface area contributed by atoms with Crippen molar-refractivity contribution in [3.8, 4) is 0 Å². The molecule has 0 spiro atoms. The van der Waals surface area contributed by atoms with Crippen LogP contribution in [0.3, 0.4) is 0 Å². The van der Waals surface area contributed by atoms with Crippen molar-refractivity contribution in [3.63, 3.8) is 0 Å². The van der Waals surface area contributed by atoms with E-state index in [0.717, 1.165) is 24.0 Å². The van der Waals surface area contributed by atoms with Crippen molar-refractivity contribution in [1.29, 1.82) is 0 Å². The van der Waals surface area contributed by atoms with Crippen molar-refractivity contribution in [2.45, 2.75) is 38.3 Å². The summed E-state index contributed by atoms with van der Waals surface area (Å²) in [6, 6.07) is 23.9. The predicted octanol–water partition coefficient (Wildman–Crippen LogP) is 8.25. The molecule has 0 N–H and O–H groups in total. The minimum Gasteiger partial charge on any atom is -0.170 e. The van der Waals surface area contributed by atoms with E-state index < -0.39 is 12.1 Å². The SMILES string of the molecule is C/C=C/CCc1ccc(C=Cc2ccc(C[C@H](c3ccccc3)C(F)(F)F)cc2)cc1. The predicted molar refractivity (Wildman–Crippen MR) is 124 cm³/mol. The molecule has 31 heavy (non-hydrogen) atoms. The monoisotopic (exact) mass is 420 g/mol. The minimum atomic E-state index is -4.28. The maximum absolute atomic E-state index is 13.6. The van der Waals surface area contributed by atoms with Crippen LogP contribution in [-0.2, 0) is 12.8 Å². The van der Waals surface area contributed by atoms with Gasteiger partial charge in [0.2, 0.25) is 0 Å². The van der Waals surface area contributed by atoms with Gasteiger partial charge in [0.15, 0.2) is 0 Å². The maximum Gasteiger partial charge on any atom is 0.396 e. The lowest BCUT2D eigenvalue weighted by atomic mass is 9.91. The number of benzene rings is 3. The molecule has 0 unspecified atom stereocenters. The van der Waals surface area contributed by atoms with Gasteiger partial charge in [0.1, 0.15) is 0 Å². The molecule has 0 aliphatic carbocycles. The van der Waals surface area contributed by atoms with E-state index in [-0.39, 0.29) is 6.42 Å². The zero-order valence-electron chi connectivity index (χ0n) is 17.6. The van der Waals surface area contributed by atoms with Crippen LogP contribution in [0.4, 0.5) is 13.2 Å². The Kier molecular flexibility index (Phi) is 7.88. The van der Waals surface area contributed by atoms with Crippen LogP contribution in [-0.4, -0.2) is 6.18 Å². The summed E-state index contributed by atoms with van der Waals surface area (Å²) in [4.78, 5) is 0. The number of halogens is 3. The molecule has 0 aliphatic rings. The fraction of sp³-hybridized carbons (Fsp3) is 0.214. The molecule has 0 amide bonds. The van der Waals surface area contributed by atoms with Crippen LogP contribution in [0.25, 0.3) is 12.2 Å². The lowest BCUT2D eigenvalue weighted by Gasteiger charge is -2.21. The van der Waals surface area contributed by atoms with Gasteiger partial charge in [-0.25, -0.2) is 0 Å². The number of aryl methyl sites for hydroxylation is 1. The third-order valence-corrected chi connectivity index (χ3v) is 5.30. The molecule has 0 radical (unpaired) electrons. The number of rotatable bonds is 8. The average Bonchev–Trinajstić information content (AvgIpc) is 2.78. The van der Waals surface area contributed by atoms with E-state index >= 15 is 0 Å². The van der Waals surface area contributed by atoms with Crippen molar-refractivity contribution in [1.82, 2.24) is 0 Å². The minimum absolute atomic E-state index is 0.0633. The van der Waals surface area contributed by atoms with Gasteiger partial charge in [-0.3, -0.25) is 0 Å². The second-order valence-corrected chi connectivity index (χ2v) is 7.63. The van der Waals surface area contributed by atoms with E-state index in [1.807, 2.05) is 31.2 Å². The van der Waals surface area contributed by atoms with Gasteiger partial charge in [-0.2, -0.15) is 13.2 Å². The zero-order valence-corrected chi connectivity index (χ0v) is 17.6. The number of alkyl halides is 3. The molecule has 3 aromatic rings. The lowest BCUT2D eigenvalue weighted by molar-refractivity contribution is -0.150. The third-order valence-electron chi connectivity index (χ3n) is 5.30. The summed E-state index contributed by atoms with van der Waals surface area (Å²) < 4.78 is 40.7. The first kappa shape index (κ1) is 22.6. The molecule has 0 saturated carbocycles. The molecule has 0 bridgehead atoms. The third kappa shape index (κ3) is 6.99. The van der Waals surface area contributed by atoms with Gasteiger partial charge in [-0.05, 0) is 54.0 Å². The van der Waals surface area contributed by atoms with E-state index in [9.17, 15) is 13.2 Å². The second kappa shape index (κ2) is 10.8. The molecule has 3 heteroatoms. The standard InChI is InChI=1S/C28H27F3/c1-2-3-5-8-22-11-13-23(14-12-22)15-16-24-17-19-25(20-18-24)21-27(28(29,30)31)26-9-6-4-7-10-26/h2-4,6-7,9-20,27H,5,8,21H2,1H3/b3-2+,16-15?/t27-/m1/s1. The Bertz CT molecular complexity index is 979. The Labute approximate surface area is 182 Å². The van der Waals surface area contributed by atoms with Crippen molar-refractivity contribution >= 4 is 12.2 Å². The highest BCUT2D eigenvalue weighted by Gasteiger charge is 2.40. The van der Waals surface area contributed by atoms with Gasteiger partial charge in [0.25, 0.3) is 0 Å². The molecule has 0 heterocycles. The van der Waals surface area contributed by atoms with E-state index in [2.05, 4.69) is 36.4 Å². The normalized spacial score (nSPS) is 13.2. The smallest absolute Gasteiger partial charge is 0.170 e. The van der Waals surface area contributed by atoms with Crippen LogP contribution in [0.1, 0.15) is 47.1 Å². The van der Waals surface area contributed by atoms with Crippen LogP contribution in [0.2, 0.25) is 0 Å². The molecule has 160 valence electrons. The van der Waals surface area contributed by atoms with Crippen LogP contribution in [0.15, 0.2) is 91.0 Å². The fourth-order valence-electron chi connectivity index (χ4n) is 3.51. The molecule has 0 nitrogen and oxygen atoms in total. The number of hydrogen-bond acceptors (Lipinski definition) is 0. The van der Waals surface area contributed by atoms with Gasteiger partial charge in [-0.15, -0.1) is 0 Å². The molecule has 0 fully saturated rings. The van der Waals surface area contributed by atoms with Crippen molar-refractivity contribution in [3.05, 3.63) is 119 Å². The first-order chi connectivity index (χ1) is 15.0. The van der Waals surface area contributed by atoms with Gasteiger partial charge in [0, 0.05) is 0 Å². The van der Waals surface area contributed by atoms with Crippen molar-refractivity contribution in [2.24, 2.45) is 0 Å². The summed E-state index contributed by atoms with van der Waals surface area (Å²) in [5.74, 6) is -1.50. The summed E-state index contributed by atoms with van der Waals surface area (Å²) in [6.45, 7) is 2.03. The van der Waals surface area contributed by atoms with Crippen LogP contribution < -0.4 is 0 Å². The zero-order chi connectivity index (χ0) is 22.1. The highest BCUT2D eigenvalue weighted by atomic mass is 19.4. The highest BCUT2D eigenvalue weighted by Crippen LogP contribution is 2.37. The van der Waals surface area contributed by atoms with E-state index in [1.54, 1.807) is 42.5 Å². The van der Waals surface area contributed by atoms with Crippen LogP contribution in [0.5, 0.6) is 0 Å². The highest BCUT2D eigenvalue weighted by molar-refractivity contribution is 5.69. The summed E-state index contributed by atoms with van der Waals surface area (Å²) in [5.41, 5.74) is 4.34. The lowest BCUT2D eigenvalue weighted by Crippen LogP contribution is -2.22. The summed E-state index contributed by atoms with van der Waals surface area (Å²) in [7, 11) is 0. The molecule has 0 aliphatic heterocycles. The number of allylic oxidation sites excluding steroid dienone is 2.